The number of benzene rings is 1. The lowest BCUT2D eigenvalue weighted by molar-refractivity contribution is -0.385. The predicted molar refractivity (Wildman–Crippen MR) is 67.0 cm³/mol. The van der Waals surface area contributed by atoms with Crippen LogP contribution in [0.25, 0.3) is 0 Å². The summed E-state index contributed by atoms with van der Waals surface area (Å²) in [5.74, 6) is 0.897. The summed E-state index contributed by atoms with van der Waals surface area (Å²) in [7, 11) is 0. The van der Waals surface area contributed by atoms with Gasteiger partial charge in [0.25, 0.3) is 5.69 Å². The molecule has 0 spiro atoms. The third-order valence-electron chi connectivity index (χ3n) is 2.59. The van der Waals surface area contributed by atoms with Crippen molar-refractivity contribution in [1.82, 2.24) is 9.78 Å². The van der Waals surface area contributed by atoms with Crippen molar-refractivity contribution in [2.75, 3.05) is 0 Å². The van der Waals surface area contributed by atoms with Crippen LogP contribution in [0.1, 0.15) is 12.5 Å². The van der Waals surface area contributed by atoms with Crippen molar-refractivity contribution < 1.29 is 14.8 Å². The van der Waals surface area contributed by atoms with E-state index in [-0.39, 0.29) is 12.3 Å². The summed E-state index contributed by atoms with van der Waals surface area (Å²) in [6.07, 6.45) is 3.26. The van der Waals surface area contributed by atoms with Crippen molar-refractivity contribution >= 4 is 5.69 Å². The van der Waals surface area contributed by atoms with Crippen molar-refractivity contribution in [3.05, 3.63) is 46.3 Å². The van der Waals surface area contributed by atoms with Gasteiger partial charge < -0.3 is 9.84 Å². The van der Waals surface area contributed by atoms with Gasteiger partial charge in [-0.05, 0) is 13.0 Å². The first-order chi connectivity index (χ1) is 9.13. The second kappa shape index (κ2) is 5.49. The number of ether oxygens (including phenoxy) is 1. The molecule has 0 saturated heterocycles. The Morgan fingerprint density at radius 3 is 2.89 bits per heavy atom. The van der Waals surface area contributed by atoms with Crippen molar-refractivity contribution in [3.63, 3.8) is 0 Å². The molecule has 19 heavy (non-hydrogen) atoms. The molecule has 0 unspecified atom stereocenters. The summed E-state index contributed by atoms with van der Waals surface area (Å²) >= 11 is 0. The van der Waals surface area contributed by atoms with E-state index in [9.17, 15) is 15.2 Å². The molecule has 1 aromatic heterocycles. The van der Waals surface area contributed by atoms with Gasteiger partial charge in [-0.2, -0.15) is 5.10 Å². The van der Waals surface area contributed by atoms with Crippen LogP contribution in [0.5, 0.6) is 11.5 Å². The van der Waals surface area contributed by atoms with Gasteiger partial charge in [-0.1, -0.05) is 0 Å². The van der Waals surface area contributed by atoms with E-state index in [4.69, 9.17) is 4.74 Å². The van der Waals surface area contributed by atoms with Crippen molar-refractivity contribution in [1.29, 1.82) is 0 Å². The number of aliphatic hydroxyl groups excluding tert-OH is 1. The maximum Gasteiger partial charge on any atom is 0.270 e. The number of non-ortho nitro benzene ring substituents is 1. The van der Waals surface area contributed by atoms with Crippen LogP contribution in [-0.4, -0.2) is 19.8 Å². The molecular weight excluding hydrogens is 250 g/mol. The lowest BCUT2D eigenvalue weighted by atomic mass is 10.2. The fourth-order valence-electron chi connectivity index (χ4n) is 1.60. The Bertz CT molecular complexity index is 594. The second-order valence-electron chi connectivity index (χ2n) is 3.84. The number of aromatic nitrogens is 2. The molecular formula is C12H13N3O4. The normalized spacial score (nSPS) is 10.4. The van der Waals surface area contributed by atoms with Gasteiger partial charge in [0, 0.05) is 24.2 Å². The van der Waals surface area contributed by atoms with Crippen LogP contribution in [-0.2, 0) is 13.2 Å². The number of nitro benzene ring substituents is 1. The van der Waals surface area contributed by atoms with Gasteiger partial charge in [-0.3, -0.25) is 14.8 Å². The van der Waals surface area contributed by atoms with Gasteiger partial charge >= 0.3 is 0 Å². The van der Waals surface area contributed by atoms with E-state index >= 15 is 0 Å². The van der Waals surface area contributed by atoms with Crippen LogP contribution in [0.4, 0.5) is 5.69 Å². The Hall–Kier alpha value is -2.41. The Labute approximate surface area is 109 Å². The van der Waals surface area contributed by atoms with Crippen LogP contribution in [0.15, 0.2) is 30.6 Å². The molecule has 0 aliphatic rings. The zero-order valence-corrected chi connectivity index (χ0v) is 10.3. The molecule has 7 heteroatoms. The van der Waals surface area contributed by atoms with Crippen LogP contribution < -0.4 is 4.74 Å². The number of aryl methyl sites for hydroxylation is 1. The molecule has 0 saturated carbocycles. The van der Waals surface area contributed by atoms with Gasteiger partial charge in [0.05, 0.1) is 23.9 Å². The van der Waals surface area contributed by atoms with Gasteiger partial charge in [-0.25, -0.2) is 0 Å². The summed E-state index contributed by atoms with van der Waals surface area (Å²) in [6, 6.07) is 4.09. The smallest absolute Gasteiger partial charge is 0.270 e. The number of nitrogens with zero attached hydrogens (tertiary/aromatic N) is 3. The Balaban J connectivity index is 2.26. The first kappa shape index (κ1) is 13.0. The second-order valence-corrected chi connectivity index (χ2v) is 3.84. The molecule has 2 aromatic rings. The highest BCUT2D eigenvalue weighted by Crippen LogP contribution is 2.28. The highest BCUT2D eigenvalue weighted by molar-refractivity contribution is 5.45. The van der Waals surface area contributed by atoms with E-state index in [1.54, 1.807) is 17.1 Å². The molecule has 2 rings (SSSR count). The van der Waals surface area contributed by atoms with E-state index < -0.39 is 4.92 Å². The summed E-state index contributed by atoms with van der Waals surface area (Å²) in [5.41, 5.74) is 0.277. The summed E-state index contributed by atoms with van der Waals surface area (Å²) in [6.45, 7) is 2.33. The van der Waals surface area contributed by atoms with E-state index in [0.29, 0.717) is 17.1 Å². The van der Waals surface area contributed by atoms with Crippen LogP contribution in [0.2, 0.25) is 0 Å². The summed E-state index contributed by atoms with van der Waals surface area (Å²) < 4.78 is 7.25. The molecule has 0 amide bonds. The standard InChI is InChI=1S/C12H13N3O4/c1-2-14-7-11(6-13-14)19-12-4-3-10(15(17)18)5-9(12)8-16/h3-7,16H,2,8H2,1H3. The maximum atomic E-state index is 10.7. The zero-order valence-electron chi connectivity index (χ0n) is 10.3. The average Bonchev–Trinajstić information content (AvgIpc) is 2.86. The van der Waals surface area contributed by atoms with Crippen molar-refractivity contribution in [3.8, 4) is 11.5 Å². The molecule has 1 heterocycles. The summed E-state index contributed by atoms with van der Waals surface area (Å²) in [4.78, 5) is 10.1. The number of aliphatic hydroxyl groups is 1. The molecule has 1 N–H and O–H groups in total. The highest BCUT2D eigenvalue weighted by Gasteiger charge is 2.12. The van der Waals surface area contributed by atoms with Gasteiger partial charge in [0.15, 0.2) is 5.75 Å². The van der Waals surface area contributed by atoms with Crippen LogP contribution >= 0.6 is 0 Å². The van der Waals surface area contributed by atoms with E-state index in [0.717, 1.165) is 6.54 Å². The van der Waals surface area contributed by atoms with Crippen molar-refractivity contribution in [2.45, 2.75) is 20.1 Å². The monoisotopic (exact) mass is 263 g/mol. The fraction of sp³-hybridized carbons (Fsp3) is 0.250. The predicted octanol–water partition coefficient (Wildman–Crippen LogP) is 2.10. The third-order valence-corrected chi connectivity index (χ3v) is 2.59. The molecule has 0 bridgehead atoms. The molecule has 0 radical (unpaired) electrons. The minimum absolute atomic E-state index is 0.0827. The molecule has 100 valence electrons. The molecule has 0 atom stereocenters. The van der Waals surface area contributed by atoms with Gasteiger partial charge in [0.2, 0.25) is 0 Å². The minimum atomic E-state index is -0.516. The van der Waals surface area contributed by atoms with Gasteiger partial charge in [-0.15, -0.1) is 0 Å². The lowest BCUT2D eigenvalue weighted by Crippen LogP contribution is -1.95. The molecule has 1 aromatic carbocycles. The Morgan fingerprint density at radius 1 is 1.53 bits per heavy atom. The van der Waals surface area contributed by atoms with E-state index in [2.05, 4.69) is 5.10 Å². The molecule has 0 aliphatic carbocycles. The molecule has 0 fully saturated rings. The number of nitro groups is 1. The van der Waals surface area contributed by atoms with Crippen LogP contribution in [0, 0.1) is 10.1 Å². The first-order valence-corrected chi connectivity index (χ1v) is 5.72. The zero-order chi connectivity index (χ0) is 13.8. The molecule has 0 aliphatic heterocycles. The molecule has 7 nitrogen and oxygen atoms in total. The van der Waals surface area contributed by atoms with Gasteiger partial charge in [0.1, 0.15) is 5.75 Å². The van der Waals surface area contributed by atoms with E-state index in [1.807, 2.05) is 6.92 Å². The quantitative estimate of drug-likeness (QED) is 0.659. The van der Waals surface area contributed by atoms with E-state index in [1.165, 1.54) is 18.2 Å². The van der Waals surface area contributed by atoms with Crippen molar-refractivity contribution in [2.24, 2.45) is 0 Å². The number of hydrogen-bond donors (Lipinski definition) is 1. The highest BCUT2D eigenvalue weighted by atomic mass is 16.6. The fourth-order valence-corrected chi connectivity index (χ4v) is 1.60. The Kier molecular flexibility index (Phi) is 3.76. The Morgan fingerprint density at radius 2 is 2.32 bits per heavy atom. The first-order valence-electron chi connectivity index (χ1n) is 5.72. The number of rotatable bonds is 5. The minimum Gasteiger partial charge on any atom is -0.454 e. The largest absolute Gasteiger partial charge is 0.454 e. The average molecular weight is 263 g/mol. The van der Waals surface area contributed by atoms with Crippen LogP contribution in [0.3, 0.4) is 0 Å². The summed E-state index contributed by atoms with van der Waals surface area (Å²) in [5, 5.41) is 23.9. The number of hydrogen-bond acceptors (Lipinski definition) is 5. The maximum absolute atomic E-state index is 10.7. The topological polar surface area (TPSA) is 90.4 Å². The lowest BCUT2D eigenvalue weighted by Gasteiger charge is -2.07. The third kappa shape index (κ3) is 2.89. The SMILES string of the molecule is CCn1cc(Oc2ccc([N+](=O)[O-])cc2CO)cn1.